The number of carbonyl (C=O) groups is 1. The number of rotatable bonds is 5. The van der Waals surface area contributed by atoms with Gasteiger partial charge in [-0.1, -0.05) is 24.2 Å². The molecule has 0 bridgehead atoms. The number of aromatic nitrogens is 1. The number of ether oxygens (including phenoxy) is 1. The maximum Gasteiger partial charge on any atom is 0.417 e. The van der Waals surface area contributed by atoms with Crippen molar-refractivity contribution in [1.29, 1.82) is 0 Å². The number of benzene rings is 1. The molecule has 1 heterocycles. The maximum atomic E-state index is 12.8. The van der Waals surface area contributed by atoms with Crippen molar-refractivity contribution < 1.29 is 27.8 Å². The van der Waals surface area contributed by atoms with E-state index in [1.807, 2.05) is 0 Å². The van der Waals surface area contributed by atoms with Crippen LogP contribution < -0.4 is 0 Å². The van der Waals surface area contributed by atoms with E-state index in [2.05, 4.69) is 11.6 Å². The lowest BCUT2D eigenvalue weighted by atomic mass is 10.1. The predicted molar refractivity (Wildman–Crippen MR) is 82.5 cm³/mol. The van der Waals surface area contributed by atoms with Gasteiger partial charge in [-0.2, -0.15) is 13.2 Å². The molecule has 128 valence electrons. The molecular weight excluding hydrogens is 367 g/mol. The summed E-state index contributed by atoms with van der Waals surface area (Å²) in [4.78, 5) is 15.7. The molecule has 2 aromatic rings. The first-order valence-electron chi connectivity index (χ1n) is 6.49. The lowest BCUT2D eigenvalue weighted by Gasteiger charge is -2.13. The van der Waals surface area contributed by atoms with E-state index < -0.39 is 35.4 Å². The standard InChI is InChI=1S/C15H11ClF3NO3S/c1-8(12(21)13-20-4-5-24-13)14(22)23-7-9-2-3-11(16)10(6-9)15(17,18)19/h2-6,12,21H,1,7H2. The van der Waals surface area contributed by atoms with Crippen molar-refractivity contribution in [2.75, 3.05) is 0 Å². The molecule has 1 aromatic carbocycles. The first-order valence-corrected chi connectivity index (χ1v) is 7.75. The van der Waals surface area contributed by atoms with Crippen molar-refractivity contribution in [2.24, 2.45) is 0 Å². The van der Waals surface area contributed by atoms with Gasteiger partial charge >= 0.3 is 12.1 Å². The first kappa shape index (κ1) is 18.4. The molecule has 0 saturated heterocycles. The van der Waals surface area contributed by atoms with Gasteiger partial charge in [0, 0.05) is 11.6 Å². The van der Waals surface area contributed by atoms with Crippen molar-refractivity contribution >= 4 is 28.9 Å². The molecule has 0 spiro atoms. The van der Waals surface area contributed by atoms with E-state index in [0.717, 1.165) is 23.5 Å². The van der Waals surface area contributed by atoms with Gasteiger partial charge in [0.05, 0.1) is 16.2 Å². The van der Waals surface area contributed by atoms with Crippen molar-refractivity contribution in [3.8, 4) is 0 Å². The highest BCUT2D eigenvalue weighted by atomic mass is 35.5. The average Bonchev–Trinajstić information content (AvgIpc) is 3.05. The van der Waals surface area contributed by atoms with Gasteiger partial charge in [-0.25, -0.2) is 9.78 Å². The number of hydrogen-bond donors (Lipinski definition) is 1. The van der Waals surface area contributed by atoms with Crippen LogP contribution in [0.5, 0.6) is 0 Å². The van der Waals surface area contributed by atoms with E-state index in [1.165, 1.54) is 12.3 Å². The zero-order valence-corrected chi connectivity index (χ0v) is 13.6. The van der Waals surface area contributed by atoms with Crippen molar-refractivity contribution in [3.63, 3.8) is 0 Å². The lowest BCUT2D eigenvalue weighted by Crippen LogP contribution is -2.14. The van der Waals surface area contributed by atoms with Gasteiger partial charge in [0.25, 0.3) is 0 Å². The molecular formula is C15H11ClF3NO3S. The van der Waals surface area contributed by atoms with Gasteiger partial charge in [-0.3, -0.25) is 0 Å². The normalized spacial score (nSPS) is 12.7. The molecule has 1 atom stereocenters. The van der Waals surface area contributed by atoms with E-state index in [0.29, 0.717) is 0 Å². The average molecular weight is 378 g/mol. The molecule has 0 saturated carbocycles. The van der Waals surface area contributed by atoms with Gasteiger partial charge in [0.15, 0.2) is 0 Å². The SMILES string of the molecule is C=C(C(=O)OCc1ccc(Cl)c(C(F)(F)F)c1)C(O)c1nccs1. The molecule has 24 heavy (non-hydrogen) atoms. The molecule has 1 N–H and O–H groups in total. The summed E-state index contributed by atoms with van der Waals surface area (Å²) in [5.74, 6) is -0.929. The lowest BCUT2D eigenvalue weighted by molar-refractivity contribution is -0.141. The summed E-state index contributed by atoms with van der Waals surface area (Å²) < 4.78 is 43.2. The Morgan fingerprint density at radius 1 is 1.46 bits per heavy atom. The fraction of sp³-hybridized carbons (Fsp3) is 0.200. The summed E-state index contributed by atoms with van der Waals surface area (Å²) in [5, 5.41) is 11.4. The Kier molecular flexibility index (Phi) is 5.63. The van der Waals surface area contributed by atoms with E-state index in [4.69, 9.17) is 16.3 Å². The Balaban J connectivity index is 2.03. The third-order valence-electron chi connectivity index (χ3n) is 2.98. The molecule has 0 aliphatic carbocycles. The van der Waals surface area contributed by atoms with Crippen LogP contribution in [-0.4, -0.2) is 16.1 Å². The molecule has 0 radical (unpaired) electrons. The van der Waals surface area contributed by atoms with Crippen LogP contribution in [0.1, 0.15) is 22.2 Å². The second-order valence-electron chi connectivity index (χ2n) is 4.69. The van der Waals surface area contributed by atoms with Crippen LogP contribution in [0.2, 0.25) is 5.02 Å². The van der Waals surface area contributed by atoms with Crippen LogP contribution in [0.4, 0.5) is 13.2 Å². The van der Waals surface area contributed by atoms with Gasteiger partial charge in [0.1, 0.15) is 17.7 Å². The topological polar surface area (TPSA) is 59.4 Å². The first-order chi connectivity index (χ1) is 11.2. The number of alkyl halides is 3. The predicted octanol–water partition coefficient (Wildman–Crippen LogP) is 4.15. The minimum Gasteiger partial charge on any atom is -0.457 e. The monoisotopic (exact) mass is 377 g/mol. The van der Waals surface area contributed by atoms with Crippen LogP contribution in [0.15, 0.2) is 41.9 Å². The number of aliphatic hydroxyl groups excluding tert-OH is 1. The maximum absolute atomic E-state index is 12.8. The summed E-state index contributed by atoms with van der Waals surface area (Å²) in [6.45, 7) is 3.02. The summed E-state index contributed by atoms with van der Waals surface area (Å²) in [7, 11) is 0. The minimum absolute atomic E-state index is 0.108. The molecule has 0 aliphatic rings. The Labute approximate surface area is 144 Å². The molecule has 0 fully saturated rings. The molecule has 1 aromatic heterocycles. The largest absolute Gasteiger partial charge is 0.457 e. The third kappa shape index (κ3) is 4.34. The second-order valence-corrected chi connectivity index (χ2v) is 6.02. The number of nitrogens with zero attached hydrogens (tertiary/aromatic N) is 1. The quantitative estimate of drug-likeness (QED) is 0.628. The van der Waals surface area contributed by atoms with Gasteiger partial charge in [-0.05, 0) is 17.7 Å². The molecule has 0 amide bonds. The van der Waals surface area contributed by atoms with Crippen LogP contribution in [0.3, 0.4) is 0 Å². The zero-order valence-electron chi connectivity index (χ0n) is 12.0. The van der Waals surface area contributed by atoms with Gasteiger partial charge in [-0.15, -0.1) is 11.3 Å². The number of aliphatic hydroxyl groups is 1. The fourth-order valence-electron chi connectivity index (χ4n) is 1.75. The molecule has 0 aliphatic heterocycles. The van der Waals surface area contributed by atoms with Crippen LogP contribution in [-0.2, 0) is 22.3 Å². The second kappa shape index (κ2) is 7.33. The van der Waals surface area contributed by atoms with Crippen molar-refractivity contribution in [2.45, 2.75) is 18.9 Å². The Bertz CT molecular complexity index is 747. The zero-order chi connectivity index (χ0) is 17.9. The fourth-order valence-corrected chi connectivity index (χ4v) is 2.63. The van der Waals surface area contributed by atoms with Crippen molar-refractivity contribution in [3.05, 3.63) is 63.1 Å². The highest BCUT2D eigenvalue weighted by Gasteiger charge is 2.33. The summed E-state index contributed by atoms with van der Waals surface area (Å²) in [5.41, 5.74) is -1.16. The number of hydrogen-bond acceptors (Lipinski definition) is 5. The van der Waals surface area contributed by atoms with Crippen LogP contribution in [0, 0.1) is 0 Å². The van der Waals surface area contributed by atoms with E-state index in [9.17, 15) is 23.1 Å². The summed E-state index contributed by atoms with van der Waals surface area (Å²) in [6, 6.07) is 3.19. The van der Waals surface area contributed by atoms with Gasteiger partial charge in [0.2, 0.25) is 0 Å². The summed E-state index contributed by atoms with van der Waals surface area (Å²) in [6.07, 6.45) is -4.48. The van der Waals surface area contributed by atoms with E-state index >= 15 is 0 Å². The number of carbonyl (C=O) groups excluding carboxylic acids is 1. The van der Waals surface area contributed by atoms with E-state index in [1.54, 1.807) is 5.38 Å². The Morgan fingerprint density at radius 3 is 2.75 bits per heavy atom. The van der Waals surface area contributed by atoms with Crippen LogP contribution in [0.25, 0.3) is 0 Å². The number of esters is 1. The highest BCUT2D eigenvalue weighted by molar-refractivity contribution is 7.09. The van der Waals surface area contributed by atoms with Crippen molar-refractivity contribution in [1.82, 2.24) is 4.98 Å². The smallest absolute Gasteiger partial charge is 0.417 e. The number of thiazole rings is 1. The van der Waals surface area contributed by atoms with Crippen LogP contribution >= 0.6 is 22.9 Å². The Hall–Kier alpha value is -1.90. The molecule has 9 heteroatoms. The minimum atomic E-state index is -4.61. The molecule has 1 unspecified atom stereocenters. The molecule has 4 nitrogen and oxygen atoms in total. The molecule has 2 rings (SSSR count). The van der Waals surface area contributed by atoms with Gasteiger partial charge < -0.3 is 9.84 Å². The third-order valence-corrected chi connectivity index (χ3v) is 4.14. The van der Waals surface area contributed by atoms with E-state index in [-0.39, 0.29) is 16.1 Å². The Morgan fingerprint density at radius 2 is 2.17 bits per heavy atom. The number of halogens is 4. The summed E-state index contributed by atoms with van der Waals surface area (Å²) >= 11 is 6.64. The highest BCUT2D eigenvalue weighted by Crippen LogP contribution is 2.35.